The van der Waals surface area contributed by atoms with E-state index in [1.165, 1.54) is 13.8 Å². The Morgan fingerprint density at radius 2 is 1.57 bits per heavy atom. The highest BCUT2D eigenvalue weighted by Crippen LogP contribution is 2.11. The van der Waals surface area contributed by atoms with Crippen molar-refractivity contribution in [2.24, 2.45) is 0 Å². The lowest BCUT2D eigenvalue weighted by Gasteiger charge is -2.21. The average Bonchev–Trinajstić information content (AvgIpc) is 1.79. The van der Waals surface area contributed by atoms with Crippen LogP contribution in [-0.4, -0.2) is 28.1 Å². The Morgan fingerprint density at radius 1 is 1.14 bits per heavy atom. The summed E-state index contributed by atoms with van der Waals surface area (Å²) < 4.78 is 4.93. The third-order valence-electron chi connectivity index (χ3n) is 1.41. The molecule has 0 spiro atoms. The van der Waals surface area contributed by atoms with E-state index >= 15 is 0 Å². The zero-order valence-corrected chi connectivity index (χ0v) is 9.38. The van der Waals surface area contributed by atoms with E-state index in [1.54, 1.807) is 20.8 Å². The van der Waals surface area contributed by atoms with E-state index < -0.39 is 23.0 Å². The van der Waals surface area contributed by atoms with Crippen molar-refractivity contribution in [1.29, 1.82) is 0 Å². The normalized spacial score (nSPS) is 12.4. The standard InChI is InChI=1S/C10H18O4/c1-9(2,3)14-8(12)6-7(11)10(4,5)13/h13H,6H2,1-5H3. The van der Waals surface area contributed by atoms with Crippen LogP contribution in [0.2, 0.25) is 0 Å². The molecule has 0 aliphatic carbocycles. The highest BCUT2D eigenvalue weighted by atomic mass is 16.6. The second-order valence-electron chi connectivity index (χ2n) is 4.75. The molecule has 0 aromatic heterocycles. The Balaban J connectivity index is 4.16. The monoisotopic (exact) mass is 202 g/mol. The summed E-state index contributed by atoms with van der Waals surface area (Å²) in [5, 5.41) is 9.28. The first-order valence-corrected chi connectivity index (χ1v) is 4.50. The zero-order valence-electron chi connectivity index (χ0n) is 9.38. The molecule has 0 fully saturated rings. The second kappa shape index (κ2) is 4.09. The van der Waals surface area contributed by atoms with Crippen LogP contribution in [0.25, 0.3) is 0 Å². The molecule has 0 aliphatic rings. The molecule has 4 nitrogen and oxygen atoms in total. The summed E-state index contributed by atoms with van der Waals surface area (Å²) in [6.07, 6.45) is -0.388. The number of esters is 1. The Hall–Kier alpha value is -0.900. The molecule has 0 heterocycles. The third-order valence-corrected chi connectivity index (χ3v) is 1.41. The summed E-state index contributed by atoms with van der Waals surface area (Å²) in [5.41, 5.74) is -2.08. The van der Waals surface area contributed by atoms with Crippen LogP contribution in [0.15, 0.2) is 0 Å². The van der Waals surface area contributed by atoms with Crippen LogP contribution in [0.1, 0.15) is 41.0 Å². The van der Waals surface area contributed by atoms with Crippen molar-refractivity contribution in [2.75, 3.05) is 0 Å². The van der Waals surface area contributed by atoms with Crippen LogP contribution < -0.4 is 0 Å². The smallest absolute Gasteiger partial charge is 0.313 e. The largest absolute Gasteiger partial charge is 0.460 e. The molecule has 82 valence electrons. The van der Waals surface area contributed by atoms with Crippen molar-refractivity contribution in [2.45, 2.75) is 52.2 Å². The fraction of sp³-hybridized carbons (Fsp3) is 0.800. The van der Waals surface area contributed by atoms with Gasteiger partial charge in [-0.15, -0.1) is 0 Å². The van der Waals surface area contributed by atoms with E-state index in [-0.39, 0.29) is 6.42 Å². The van der Waals surface area contributed by atoms with Gasteiger partial charge >= 0.3 is 5.97 Å². The topological polar surface area (TPSA) is 63.6 Å². The van der Waals surface area contributed by atoms with E-state index in [9.17, 15) is 14.7 Å². The van der Waals surface area contributed by atoms with Crippen molar-refractivity contribution in [1.82, 2.24) is 0 Å². The molecule has 0 aliphatic heterocycles. The van der Waals surface area contributed by atoms with E-state index in [0.717, 1.165) is 0 Å². The number of ketones is 1. The quantitative estimate of drug-likeness (QED) is 0.549. The first-order valence-electron chi connectivity index (χ1n) is 4.50. The van der Waals surface area contributed by atoms with Crippen molar-refractivity contribution >= 4 is 11.8 Å². The number of rotatable bonds is 3. The van der Waals surface area contributed by atoms with Crippen molar-refractivity contribution in [3.8, 4) is 0 Å². The Kier molecular flexibility index (Phi) is 3.82. The highest BCUT2D eigenvalue weighted by Gasteiger charge is 2.28. The van der Waals surface area contributed by atoms with Gasteiger partial charge in [0, 0.05) is 0 Å². The molecule has 0 saturated carbocycles. The van der Waals surface area contributed by atoms with Gasteiger partial charge in [0.1, 0.15) is 17.6 Å². The van der Waals surface area contributed by atoms with Gasteiger partial charge in [-0.05, 0) is 34.6 Å². The lowest BCUT2D eigenvalue weighted by Crippen LogP contribution is -2.34. The van der Waals surface area contributed by atoms with Gasteiger partial charge in [0.05, 0.1) is 0 Å². The summed E-state index contributed by atoms with van der Waals surface area (Å²) in [5.74, 6) is -1.14. The van der Waals surface area contributed by atoms with Gasteiger partial charge in [-0.2, -0.15) is 0 Å². The molecule has 0 bridgehead atoms. The Morgan fingerprint density at radius 3 is 1.86 bits per heavy atom. The fourth-order valence-corrected chi connectivity index (χ4v) is 0.725. The molecule has 0 rings (SSSR count). The molecular formula is C10H18O4. The van der Waals surface area contributed by atoms with Crippen molar-refractivity contribution < 1.29 is 19.4 Å². The SMILES string of the molecule is CC(C)(C)OC(=O)CC(=O)C(C)(C)O. The lowest BCUT2D eigenvalue weighted by atomic mass is 10.0. The van der Waals surface area contributed by atoms with Crippen molar-refractivity contribution in [3.63, 3.8) is 0 Å². The van der Waals surface area contributed by atoms with Crippen LogP contribution in [0, 0.1) is 0 Å². The summed E-state index contributed by atoms with van der Waals surface area (Å²) in [6.45, 7) is 7.86. The second-order valence-corrected chi connectivity index (χ2v) is 4.75. The number of carbonyl (C=O) groups excluding carboxylic acids is 2. The Bertz CT molecular complexity index is 229. The van der Waals surface area contributed by atoms with Gasteiger partial charge in [-0.25, -0.2) is 0 Å². The van der Waals surface area contributed by atoms with Crippen LogP contribution in [0.5, 0.6) is 0 Å². The van der Waals surface area contributed by atoms with Gasteiger partial charge in [-0.1, -0.05) is 0 Å². The summed E-state index contributed by atoms with van der Waals surface area (Å²) in [6, 6.07) is 0. The number of Topliss-reactive ketones (excluding diaryl/α,β-unsaturated/α-hetero) is 1. The minimum Gasteiger partial charge on any atom is -0.460 e. The minimum atomic E-state index is -1.48. The maximum Gasteiger partial charge on any atom is 0.313 e. The predicted octanol–water partition coefficient (Wildman–Crippen LogP) is 1.06. The fourth-order valence-electron chi connectivity index (χ4n) is 0.725. The average molecular weight is 202 g/mol. The number of ether oxygens (including phenoxy) is 1. The third kappa shape index (κ3) is 5.70. The van der Waals surface area contributed by atoms with Crippen LogP contribution >= 0.6 is 0 Å². The molecule has 14 heavy (non-hydrogen) atoms. The Labute approximate surface area is 84.3 Å². The molecule has 1 N–H and O–H groups in total. The number of carbonyl (C=O) groups is 2. The lowest BCUT2D eigenvalue weighted by molar-refractivity contribution is -0.158. The molecule has 0 saturated heterocycles. The molecule has 0 aromatic carbocycles. The molecule has 4 heteroatoms. The molecule has 0 atom stereocenters. The van der Waals surface area contributed by atoms with Gasteiger partial charge < -0.3 is 9.84 Å². The number of aliphatic hydroxyl groups is 1. The summed E-state index contributed by atoms with van der Waals surface area (Å²) >= 11 is 0. The number of hydrogen-bond acceptors (Lipinski definition) is 4. The van der Waals surface area contributed by atoms with Crippen molar-refractivity contribution in [3.05, 3.63) is 0 Å². The predicted molar refractivity (Wildman–Crippen MR) is 51.8 cm³/mol. The first kappa shape index (κ1) is 13.1. The molecule has 0 radical (unpaired) electrons. The molecule has 0 aromatic rings. The van der Waals surface area contributed by atoms with Gasteiger partial charge in [-0.3, -0.25) is 9.59 Å². The van der Waals surface area contributed by atoms with Crippen LogP contribution in [-0.2, 0) is 14.3 Å². The summed E-state index contributed by atoms with van der Waals surface area (Å²) in [7, 11) is 0. The molecule has 0 unspecified atom stereocenters. The zero-order chi connectivity index (χ0) is 11.6. The first-order chi connectivity index (χ1) is 6.02. The maximum atomic E-state index is 11.2. The molecular weight excluding hydrogens is 184 g/mol. The van der Waals surface area contributed by atoms with Crippen LogP contribution in [0.4, 0.5) is 0 Å². The van der Waals surface area contributed by atoms with E-state index in [2.05, 4.69) is 0 Å². The number of hydrogen-bond donors (Lipinski definition) is 1. The van der Waals surface area contributed by atoms with E-state index in [0.29, 0.717) is 0 Å². The van der Waals surface area contributed by atoms with E-state index in [4.69, 9.17) is 4.74 Å². The summed E-state index contributed by atoms with van der Waals surface area (Å²) in [4.78, 5) is 22.4. The van der Waals surface area contributed by atoms with E-state index in [1.807, 2.05) is 0 Å². The van der Waals surface area contributed by atoms with Gasteiger partial charge in [0.15, 0.2) is 5.78 Å². The minimum absolute atomic E-state index is 0.388. The maximum absolute atomic E-state index is 11.2. The highest BCUT2D eigenvalue weighted by molar-refractivity contribution is 5.99. The van der Waals surface area contributed by atoms with Crippen LogP contribution in [0.3, 0.4) is 0 Å². The van der Waals surface area contributed by atoms with Gasteiger partial charge in [0.2, 0.25) is 0 Å². The molecule has 0 amide bonds. The van der Waals surface area contributed by atoms with Gasteiger partial charge in [0.25, 0.3) is 0 Å².